The van der Waals surface area contributed by atoms with Gasteiger partial charge in [-0.25, -0.2) is 16.0 Å². The number of hydrogen-bond donors (Lipinski definition) is 2. The molecule has 1 aliphatic rings. The van der Waals surface area contributed by atoms with Crippen molar-refractivity contribution in [2.75, 3.05) is 12.2 Å². The van der Waals surface area contributed by atoms with Crippen molar-refractivity contribution in [1.82, 2.24) is 5.01 Å². The summed E-state index contributed by atoms with van der Waals surface area (Å²) < 4.78 is 0. The maximum Gasteiger partial charge on any atom is 0.141 e. The van der Waals surface area contributed by atoms with Gasteiger partial charge in [-0.2, -0.15) is 0 Å². The van der Waals surface area contributed by atoms with Crippen LogP contribution in [0, 0.1) is 12.8 Å². The molecule has 1 aromatic rings. The van der Waals surface area contributed by atoms with E-state index in [0.29, 0.717) is 11.6 Å². The Morgan fingerprint density at radius 3 is 2.58 bits per heavy atom. The van der Waals surface area contributed by atoms with E-state index in [-0.39, 0.29) is 11.8 Å². The number of nitrogens with zero attached hydrogens (tertiary/aromatic N) is 2. The summed E-state index contributed by atoms with van der Waals surface area (Å²) in [5.74, 6) is 6.69. The minimum atomic E-state index is 0.176. The fraction of sp³-hybridized carbons (Fsp3) is 0.333. The monoisotopic (exact) mass is 259 g/mol. The second-order valence-electron chi connectivity index (χ2n) is 5.03. The van der Waals surface area contributed by atoms with Crippen molar-refractivity contribution in [3.05, 3.63) is 48.1 Å². The molecule has 102 valence electrons. The minimum Gasteiger partial charge on any atom is -0.506 e. The van der Waals surface area contributed by atoms with Gasteiger partial charge in [-0.1, -0.05) is 37.3 Å². The van der Waals surface area contributed by atoms with Gasteiger partial charge in [-0.05, 0) is 30.5 Å². The molecule has 0 aromatic heterocycles. The van der Waals surface area contributed by atoms with E-state index in [1.807, 2.05) is 43.3 Å². The lowest BCUT2D eigenvalue weighted by molar-refractivity contribution is 0.221. The van der Waals surface area contributed by atoms with Gasteiger partial charge in [0.1, 0.15) is 11.4 Å². The molecule has 0 spiro atoms. The molecule has 0 heterocycles. The quantitative estimate of drug-likeness (QED) is 0.646. The number of aryl methyl sites for hydroxylation is 1. The maximum atomic E-state index is 9.94. The number of phenols is 1. The van der Waals surface area contributed by atoms with Crippen LogP contribution in [-0.4, -0.2) is 23.2 Å². The van der Waals surface area contributed by atoms with Gasteiger partial charge in [0.05, 0.1) is 6.04 Å². The average molecular weight is 259 g/mol. The second-order valence-corrected chi connectivity index (χ2v) is 5.03. The van der Waals surface area contributed by atoms with E-state index in [4.69, 9.17) is 5.84 Å². The molecular weight excluding hydrogens is 238 g/mol. The molecule has 19 heavy (non-hydrogen) atoms. The van der Waals surface area contributed by atoms with Crippen molar-refractivity contribution in [3.63, 3.8) is 0 Å². The summed E-state index contributed by atoms with van der Waals surface area (Å²) in [6.45, 7) is 4.12. The van der Waals surface area contributed by atoms with E-state index in [9.17, 15) is 5.11 Å². The van der Waals surface area contributed by atoms with Crippen molar-refractivity contribution < 1.29 is 5.11 Å². The van der Waals surface area contributed by atoms with Crippen LogP contribution in [0.1, 0.15) is 12.5 Å². The summed E-state index contributed by atoms with van der Waals surface area (Å²) in [6, 6.07) is 5.57. The van der Waals surface area contributed by atoms with Gasteiger partial charge in [-0.3, -0.25) is 0 Å². The normalized spacial score (nSPS) is 21.9. The lowest BCUT2D eigenvalue weighted by Gasteiger charge is -2.37. The molecule has 0 aliphatic heterocycles. The first-order valence-electron chi connectivity index (χ1n) is 6.43. The van der Waals surface area contributed by atoms with E-state index >= 15 is 0 Å². The molecule has 0 bridgehead atoms. The number of likely N-dealkylation sites (N-methyl/N-ethyl adjacent to an activating group) is 1. The Labute approximate surface area is 114 Å². The molecule has 1 aliphatic carbocycles. The molecule has 4 heteroatoms. The molecule has 0 amide bonds. The third kappa shape index (κ3) is 2.80. The lowest BCUT2D eigenvalue weighted by atomic mass is 9.97. The zero-order valence-electron chi connectivity index (χ0n) is 11.6. The molecule has 0 fully saturated rings. The largest absolute Gasteiger partial charge is 0.506 e. The molecule has 2 rings (SSSR count). The first kappa shape index (κ1) is 13.6. The van der Waals surface area contributed by atoms with Crippen LogP contribution in [0.4, 0.5) is 5.69 Å². The Kier molecular flexibility index (Phi) is 3.93. The smallest absolute Gasteiger partial charge is 0.141 e. The van der Waals surface area contributed by atoms with Gasteiger partial charge >= 0.3 is 0 Å². The van der Waals surface area contributed by atoms with Crippen molar-refractivity contribution in [1.29, 1.82) is 0 Å². The van der Waals surface area contributed by atoms with Crippen LogP contribution in [0.3, 0.4) is 0 Å². The molecule has 4 nitrogen and oxygen atoms in total. The van der Waals surface area contributed by atoms with E-state index in [2.05, 4.69) is 19.1 Å². The van der Waals surface area contributed by atoms with E-state index in [1.54, 1.807) is 6.07 Å². The van der Waals surface area contributed by atoms with Crippen LogP contribution in [0.25, 0.3) is 0 Å². The van der Waals surface area contributed by atoms with Crippen LogP contribution in [0.5, 0.6) is 5.75 Å². The fourth-order valence-electron chi connectivity index (χ4n) is 2.30. The van der Waals surface area contributed by atoms with Crippen molar-refractivity contribution in [2.45, 2.75) is 19.9 Å². The molecular formula is C15H21N3O. The predicted octanol–water partition coefficient (Wildman–Crippen LogP) is 2.36. The number of hydrazine groups is 2. The van der Waals surface area contributed by atoms with Gasteiger partial charge in [0.15, 0.2) is 0 Å². The highest BCUT2D eigenvalue weighted by molar-refractivity contribution is 5.57. The highest BCUT2D eigenvalue weighted by atomic mass is 16.3. The summed E-state index contributed by atoms with van der Waals surface area (Å²) in [7, 11) is 1.92. The van der Waals surface area contributed by atoms with Gasteiger partial charge in [-0.15, -0.1) is 0 Å². The highest BCUT2D eigenvalue weighted by Gasteiger charge is 2.24. The second kappa shape index (κ2) is 5.47. The van der Waals surface area contributed by atoms with Crippen molar-refractivity contribution in [3.8, 4) is 5.75 Å². The molecule has 0 radical (unpaired) electrons. The van der Waals surface area contributed by atoms with Crippen LogP contribution in [0.2, 0.25) is 0 Å². The number of phenolic OH excluding ortho intramolecular Hbond substituents is 1. The van der Waals surface area contributed by atoms with Crippen molar-refractivity contribution in [2.24, 2.45) is 11.8 Å². The summed E-state index contributed by atoms with van der Waals surface area (Å²) >= 11 is 0. The van der Waals surface area contributed by atoms with Gasteiger partial charge < -0.3 is 5.11 Å². The van der Waals surface area contributed by atoms with Gasteiger partial charge in [0.25, 0.3) is 0 Å². The molecule has 0 saturated carbocycles. The summed E-state index contributed by atoms with van der Waals surface area (Å²) in [4.78, 5) is 0. The Morgan fingerprint density at radius 1 is 1.21 bits per heavy atom. The summed E-state index contributed by atoms with van der Waals surface area (Å²) in [5, 5.41) is 13.4. The first-order valence-corrected chi connectivity index (χ1v) is 6.43. The van der Waals surface area contributed by atoms with E-state index in [0.717, 1.165) is 5.56 Å². The predicted molar refractivity (Wildman–Crippen MR) is 78.5 cm³/mol. The van der Waals surface area contributed by atoms with Crippen molar-refractivity contribution >= 4 is 5.69 Å². The first-order chi connectivity index (χ1) is 9.00. The highest BCUT2D eigenvalue weighted by Crippen LogP contribution is 2.29. The average Bonchev–Trinajstić information content (AvgIpc) is 2.40. The lowest BCUT2D eigenvalue weighted by Crippen LogP contribution is -2.52. The molecule has 2 atom stereocenters. The van der Waals surface area contributed by atoms with E-state index < -0.39 is 0 Å². The number of aromatic hydroxyl groups is 1. The van der Waals surface area contributed by atoms with Crippen LogP contribution < -0.4 is 11.0 Å². The Balaban J connectivity index is 2.23. The number of rotatable bonds is 3. The Bertz CT molecular complexity index is 510. The van der Waals surface area contributed by atoms with Crippen LogP contribution in [-0.2, 0) is 0 Å². The zero-order chi connectivity index (χ0) is 14.0. The fourth-order valence-corrected chi connectivity index (χ4v) is 2.30. The standard InChI is InChI=1S/C15H21N3O/c1-11-8-9-15(19)14(10-11)18(16)17(3)13-7-5-4-6-12(13)2/h4-10,12-13,19H,16H2,1-3H3. The van der Waals surface area contributed by atoms with Crippen LogP contribution >= 0.6 is 0 Å². The van der Waals surface area contributed by atoms with Crippen LogP contribution in [0.15, 0.2) is 42.5 Å². The Hall–Kier alpha value is -1.78. The minimum absolute atomic E-state index is 0.176. The van der Waals surface area contributed by atoms with Gasteiger partial charge in [0, 0.05) is 7.05 Å². The third-order valence-corrected chi connectivity index (χ3v) is 3.52. The molecule has 3 N–H and O–H groups in total. The summed E-state index contributed by atoms with van der Waals surface area (Å²) in [5.41, 5.74) is 1.67. The topological polar surface area (TPSA) is 52.7 Å². The molecule has 2 unspecified atom stereocenters. The third-order valence-electron chi connectivity index (χ3n) is 3.52. The number of anilines is 1. The SMILES string of the molecule is Cc1ccc(O)c(N(N)N(C)C2C=CC=CC2C)c1. The Morgan fingerprint density at radius 2 is 1.89 bits per heavy atom. The number of nitrogens with two attached hydrogens (primary N) is 1. The maximum absolute atomic E-state index is 9.94. The van der Waals surface area contributed by atoms with E-state index in [1.165, 1.54) is 5.12 Å². The molecule has 1 aromatic carbocycles. The molecule has 0 saturated heterocycles. The summed E-state index contributed by atoms with van der Waals surface area (Å²) in [6.07, 6.45) is 8.31. The van der Waals surface area contributed by atoms with Gasteiger partial charge in [0.2, 0.25) is 0 Å². The number of hydrogen-bond acceptors (Lipinski definition) is 4. The number of benzene rings is 1. The number of allylic oxidation sites excluding steroid dienone is 2. The zero-order valence-corrected chi connectivity index (χ0v) is 11.6.